The molecule has 16 heavy (non-hydrogen) atoms. The van der Waals surface area contributed by atoms with Crippen LogP contribution >= 0.6 is 0 Å². The van der Waals surface area contributed by atoms with Crippen molar-refractivity contribution in [3.8, 4) is 0 Å². The van der Waals surface area contributed by atoms with Gasteiger partial charge in [0.05, 0.1) is 0 Å². The van der Waals surface area contributed by atoms with E-state index in [1.807, 2.05) is 0 Å². The molecule has 88 valence electrons. The second-order valence-electron chi connectivity index (χ2n) is 4.43. The van der Waals surface area contributed by atoms with Gasteiger partial charge in [-0.2, -0.15) is 0 Å². The Morgan fingerprint density at radius 3 is 2.56 bits per heavy atom. The maximum Gasteiger partial charge on any atom is 0.129 e. The second-order valence-corrected chi connectivity index (χ2v) is 4.43. The van der Waals surface area contributed by atoms with Crippen LogP contribution in [0.2, 0.25) is 0 Å². The van der Waals surface area contributed by atoms with Gasteiger partial charge < -0.3 is 10.6 Å². The van der Waals surface area contributed by atoms with Gasteiger partial charge in [0.1, 0.15) is 5.82 Å². The van der Waals surface area contributed by atoms with Crippen LogP contribution in [0.25, 0.3) is 0 Å². The minimum Gasteiger partial charge on any atom is -0.399 e. The Morgan fingerprint density at radius 2 is 1.94 bits per heavy atom. The number of nitrogens with zero attached hydrogens (tertiary/aromatic N) is 2. The average molecular weight is 223 g/mol. The summed E-state index contributed by atoms with van der Waals surface area (Å²) in [6.45, 7) is 4.79. The van der Waals surface area contributed by atoms with Crippen LogP contribution in [0.1, 0.15) is 5.56 Å². The van der Waals surface area contributed by atoms with Crippen molar-refractivity contribution in [2.24, 2.45) is 0 Å². The summed E-state index contributed by atoms with van der Waals surface area (Å²) in [7, 11) is 2.11. The number of halogens is 1. The standard InChI is InChI=1S/C12H18FN3/c1-15-4-6-16(7-5-15)9-10-2-3-11(14)8-12(10)13/h2-3,8H,4-7,9,14H2,1H3. The summed E-state index contributed by atoms with van der Waals surface area (Å²) >= 11 is 0. The van der Waals surface area contributed by atoms with E-state index < -0.39 is 0 Å². The fraction of sp³-hybridized carbons (Fsp3) is 0.500. The van der Waals surface area contributed by atoms with Gasteiger partial charge in [0, 0.05) is 44.0 Å². The van der Waals surface area contributed by atoms with Crippen molar-refractivity contribution in [3.63, 3.8) is 0 Å². The molecule has 0 saturated carbocycles. The summed E-state index contributed by atoms with van der Waals surface area (Å²) in [4.78, 5) is 4.56. The van der Waals surface area contributed by atoms with Crippen molar-refractivity contribution < 1.29 is 4.39 Å². The molecule has 1 aliphatic heterocycles. The first-order chi connectivity index (χ1) is 7.65. The Hall–Kier alpha value is -1.13. The van der Waals surface area contributed by atoms with Crippen LogP contribution in [0.4, 0.5) is 10.1 Å². The summed E-state index contributed by atoms with van der Waals surface area (Å²) in [5, 5.41) is 0. The third kappa shape index (κ3) is 2.71. The lowest BCUT2D eigenvalue weighted by molar-refractivity contribution is 0.147. The van der Waals surface area contributed by atoms with Crippen molar-refractivity contribution >= 4 is 5.69 Å². The molecule has 0 aliphatic carbocycles. The van der Waals surface area contributed by atoms with Gasteiger partial charge in [-0.3, -0.25) is 4.90 Å². The van der Waals surface area contributed by atoms with E-state index in [0.717, 1.165) is 31.7 Å². The SMILES string of the molecule is CN1CCN(Cc2ccc(N)cc2F)CC1. The number of nitrogen functional groups attached to an aromatic ring is 1. The Kier molecular flexibility index (Phi) is 3.41. The van der Waals surface area contributed by atoms with Crippen LogP contribution < -0.4 is 5.73 Å². The average Bonchev–Trinajstić information content (AvgIpc) is 2.25. The molecular weight excluding hydrogens is 205 g/mol. The molecule has 0 spiro atoms. The zero-order valence-corrected chi connectivity index (χ0v) is 9.62. The normalized spacial score (nSPS) is 18.9. The van der Waals surface area contributed by atoms with Crippen molar-refractivity contribution in [1.82, 2.24) is 9.80 Å². The highest BCUT2D eigenvalue weighted by molar-refractivity contribution is 5.40. The predicted octanol–water partition coefficient (Wildman–Crippen LogP) is 1.16. The van der Waals surface area contributed by atoms with E-state index in [9.17, 15) is 4.39 Å². The zero-order valence-electron chi connectivity index (χ0n) is 9.62. The third-order valence-corrected chi connectivity index (χ3v) is 3.07. The molecule has 0 aromatic heterocycles. The molecule has 2 rings (SSSR count). The van der Waals surface area contributed by atoms with E-state index in [-0.39, 0.29) is 5.82 Å². The number of rotatable bonds is 2. The summed E-state index contributed by atoms with van der Waals surface area (Å²) in [5.74, 6) is -0.195. The van der Waals surface area contributed by atoms with E-state index in [1.165, 1.54) is 6.07 Å². The van der Waals surface area contributed by atoms with Gasteiger partial charge >= 0.3 is 0 Å². The molecule has 0 atom stereocenters. The zero-order chi connectivity index (χ0) is 11.5. The summed E-state index contributed by atoms with van der Waals surface area (Å²) in [5.41, 5.74) is 6.74. The highest BCUT2D eigenvalue weighted by atomic mass is 19.1. The number of hydrogen-bond donors (Lipinski definition) is 1. The van der Waals surface area contributed by atoms with E-state index in [2.05, 4.69) is 16.8 Å². The van der Waals surface area contributed by atoms with Gasteiger partial charge in [-0.1, -0.05) is 6.07 Å². The molecule has 1 fully saturated rings. The Morgan fingerprint density at radius 1 is 1.25 bits per heavy atom. The van der Waals surface area contributed by atoms with Gasteiger partial charge in [0.2, 0.25) is 0 Å². The minimum atomic E-state index is -0.195. The number of likely N-dealkylation sites (N-methyl/N-ethyl adjacent to an activating group) is 1. The van der Waals surface area contributed by atoms with Gasteiger partial charge in [-0.15, -0.1) is 0 Å². The largest absolute Gasteiger partial charge is 0.399 e. The van der Waals surface area contributed by atoms with Crippen LogP contribution in [0.3, 0.4) is 0 Å². The van der Waals surface area contributed by atoms with Gasteiger partial charge in [0.15, 0.2) is 0 Å². The number of piperazine rings is 1. The van der Waals surface area contributed by atoms with E-state index in [4.69, 9.17) is 5.73 Å². The Labute approximate surface area is 95.6 Å². The fourth-order valence-electron chi connectivity index (χ4n) is 1.94. The molecular formula is C12H18FN3. The first-order valence-corrected chi connectivity index (χ1v) is 5.60. The molecule has 1 aromatic carbocycles. The lowest BCUT2D eigenvalue weighted by Gasteiger charge is -2.32. The fourth-order valence-corrected chi connectivity index (χ4v) is 1.94. The molecule has 2 N–H and O–H groups in total. The Balaban J connectivity index is 1.98. The van der Waals surface area contributed by atoms with Crippen LogP contribution in [0.15, 0.2) is 18.2 Å². The van der Waals surface area contributed by atoms with Crippen LogP contribution in [-0.2, 0) is 6.54 Å². The van der Waals surface area contributed by atoms with E-state index >= 15 is 0 Å². The van der Waals surface area contributed by atoms with Gasteiger partial charge in [-0.25, -0.2) is 4.39 Å². The summed E-state index contributed by atoms with van der Waals surface area (Å²) in [6, 6.07) is 4.93. The highest BCUT2D eigenvalue weighted by Crippen LogP contribution is 2.14. The maximum atomic E-state index is 13.6. The summed E-state index contributed by atoms with van der Waals surface area (Å²) in [6.07, 6.45) is 0. The Bertz CT molecular complexity index is 359. The smallest absolute Gasteiger partial charge is 0.129 e. The molecule has 0 amide bonds. The van der Waals surface area contributed by atoms with E-state index in [0.29, 0.717) is 12.2 Å². The van der Waals surface area contributed by atoms with Crippen LogP contribution in [-0.4, -0.2) is 43.0 Å². The molecule has 1 saturated heterocycles. The number of nitrogens with two attached hydrogens (primary N) is 1. The third-order valence-electron chi connectivity index (χ3n) is 3.07. The first-order valence-electron chi connectivity index (χ1n) is 5.60. The molecule has 1 aliphatic rings. The quantitative estimate of drug-likeness (QED) is 0.764. The van der Waals surface area contributed by atoms with Crippen LogP contribution in [0.5, 0.6) is 0 Å². The maximum absolute atomic E-state index is 13.6. The lowest BCUT2D eigenvalue weighted by Crippen LogP contribution is -2.44. The number of benzene rings is 1. The minimum absolute atomic E-state index is 0.195. The van der Waals surface area contributed by atoms with Crippen molar-refractivity contribution in [2.45, 2.75) is 6.54 Å². The first kappa shape index (κ1) is 11.4. The van der Waals surface area contributed by atoms with Crippen molar-refractivity contribution in [1.29, 1.82) is 0 Å². The topological polar surface area (TPSA) is 32.5 Å². The van der Waals surface area contributed by atoms with Gasteiger partial charge in [0.25, 0.3) is 0 Å². The second kappa shape index (κ2) is 4.80. The molecule has 0 bridgehead atoms. The lowest BCUT2D eigenvalue weighted by atomic mass is 10.1. The predicted molar refractivity (Wildman–Crippen MR) is 63.6 cm³/mol. The van der Waals surface area contributed by atoms with E-state index in [1.54, 1.807) is 12.1 Å². The number of hydrogen-bond acceptors (Lipinski definition) is 3. The van der Waals surface area contributed by atoms with Crippen LogP contribution in [0, 0.1) is 5.82 Å². The monoisotopic (exact) mass is 223 g/mol. The van der Waals surface area contributed by atoms with Crippen molar-refractivity contribution in [2.75, 3.05) is 39.0 Å². The highest BCUT2D eigenvalue weighted by Gasteiger charge is 2.15. The molecule has 0 unspecified atom stereocenters. The molecule has 1 aromatic rings. The van der Waals surface area contributed by atoms with Crippen molar-refractivity contribution in [3.05, 3.63) is 29.6 Å². The molecule has 3 nitrogen and oxygen atoms in total. The molecule has 0 radical (unpaired) electrons. The summed E-state index contributed by atoms with van der Waals surface area (Å²) < 4.78 is 13.6. The molecule has 1 heterocycles. The number of anilines is 1. The molecule has 4 heteroatoms. The van der Waals surface area contributed by atoms with Gasteiger partial charge in [-0.05, 0) is 19.2 Å².